The molecule has 0 aliphatic heterocycles. The van der Waals surface area contributed by atoms with Crippen molar-refractivity contribution in [1.29, 1.82) is 0 Å². The smallest absolute Gasteiger partial charge is 0.327 e. The van der Waals surface area contributed by atoms with E-state index < -0.39 is 8.60 Å². The lowest BCUT2D eigenvalue weighted by molar-refractivity contribution is 0.247. The molecule has 4 heteroatoms. The molecule has 0 bridgehead atoms. The van der Waals surface area contributed by atoms with Crippen molar-refractivity contribution in [3.63, 3.8) is 0 Å². The summed E-state index contributed by atoms with van der Waals surface area (Å²) in [7, 11) is -2.31. The Balaban J connectivity index is 2.24. The molecule has 0 fully saturated rings. The van der Waals surface area contributed by atoms with Crippen molar-refractivity contribution in [2.24, 2.45) is 0 Å². The molecule has 0 aliphatic rings. The maximum absolute atomic E-state index is 8.89. The van der Waals surface area contributed by atoms with Crippen LogP contribution in [-0.4, -0.2) is 16.4 Å². The number of hydrogen-bond acceptors (Lipinski definition) is 3. The van der Waals surface area contributed by atoms with Gasteiger partial charge in [-0.25, -0.2) is 0 Å². The zero-order chi connectivity index (χ0) is 12.8. The zero-order valence-electron chi connectivity index (χ0n) is 9.81. The molecular weight excluding hydrogens is 247 g/mol. The predicted molar refractivity (Wildman–Crippen MR) is 72.0 cm³/mol. The van der Waals surface area contributed by atoms with Gasteiger partial charge in [-0.2, -0.15) is 0 Å². The van der Waals surface area contributed by atoms with Gasteiger partial charge >= 0.3 is 8.60 Å². The van der Waals surface area contributed by atoms with Crippen molar-refractivity contribution in [3.05, 3.63) is 71.8 Å². The summed E-state index contributed by atoms with van der Waals surface area (Å²) >= 11 is 0. The van der Waals surface area contributed by atoms with Gasteiger partial charge in [0.25, 0.3) is 0 Å². The summed E-state index contributed by atoms with van der Waals surface area (Å²) in [5, 5.41) is 0. The van der Waals surface area contributed by atoms with Gasteiger partial charge in [-0.1, -0.05) is 60.7 Å². The van der Waals surface area contributed by atoms with Crippen LogP contribution in [0.2, 0.25) is 0 Å². The van der Waals surface area contributed by atoms with Crippen LogP contribution in [0.5, 0.6) is 0 Å². The Bertz CT molecular complexity index is 419. The van der Waals surface area contributed by atoms with Crippen LogP contribution in [0.3, 0.4) is 0 Å². The van der Waals surface area contributed by atoms with Gasteiger partial charge in [-0.3, -0.25) is 0 Å². The highest BCUT2D eigenvalue weighted by atomic mass is 31.2. The second kappa shape index (κ2) is 6.62. The van der Waals surface area contributed by atoms with E-state index in [9.17, 15) is 0 Å². The van der Waals surface area contributed by atoms with Gasteiger partial charge in [0.05, 0.1) is 6.61 Å². The average molecular weight is 262 g/mol. The van der Waals surface area contributed by atoms with E-state index in [0.29, 0.717) is 0 Å². The Morgan fingerprint density at radius 2 is 1.28 bits per heavy atom. The van der Waals surface area contributed by atoms with Crippen LogP contribution in [0, 0.1) is 0 Å². The molecule has 2 rings (SSSR count). The fraction of sp³-hybridized carbons (Fsp3) is 0.143. The monoisotopic (exact) mass is 262 g/mol. The second-order valence-corrected chi connectivity index (χ2v) is 4.69. The first-order valence-electron chi connectivity index (χ1n) is 5.68. The van der Waals surface area contributed by atoms with Gasteiger partial charge < -0.3 is 14.3 Å². The zero-order valence-corrected chi connectivity index (χ0v) is 10.7. The molecule has 2 aromatic rings. The first-order chi connectivity index (χ1) is 8.77. The van der Waals surface area contributed by atoms with Crippen molar-refractivity contribution >= 4 is 8.60 Å². The van der Waals surface area contributed by atoms with Gasteiger partial charge in [0, 0.05) is 5.92 Å². The van der Waals surface area contributed by atoms with Crippen molar-refractivity contribution in [2.75, 3.05) is 6.61 Å². The van der Waals surface area contributed by atoms with E-state index in [1.165, 1.54) is 0 Å². The molecule has 3 nitrogen and oxygen atoms in total. The van der Waals surface area contributed by atoms with Crippen LogP contribution in [0.1, 0.15) is 17.0 Å². The van der Waals surface area contributed by atoms with Gasteiger partial charge in [0.2, 0.25) is 0 Å². The first-order valence-corrected chi connectivity index (χ1v) is 6.84. The molecule has 0 atom stereocenters. The summed E-state index contributed by atoms with van der Waals surface area (Å²) in [6, 6.07) is 19.8. The van der Waals surface area contributed by atoms with E-state index in [2.05, 4.69) is 0 Å². The Hall–Kier alpha value is -1.25. The summed E-state index contributed by atoms with van der Waals surface area (Å²) < 4.78 is 4.99. The Morgan fingerprint density at radius 3 is 1.67 bits per heavy atom. The van der Waals surface area contributed by atoms with Crippen LogP contribution in [-0.2, 0) is 4.52 Å². The molecule has 2 N–H and O–H groups in total. The highest BCUT2D eigenvalue weighted by Crippen LogP contribution is 2.31. The van der Waals surface area contributed by atoms with Crippen LogP contribution in [0.15, 0.2) is 60.7 Å². The van der Waals surface area contributed by atoms with Crippen molar-refractivity contribution in [1.82, 2.24) is 0 Å². The first kappa shape index (κ1) is 13.2. The molecule has 0 aromatic heterocycles. The standard InChI is InChI=1S/C14H15O3P/c15-18(16)17-11-14(12-7-3-1-4-8-12)13-9-5-2-6-10-13/h1-10,14-16H,11H2. The van der Waals surface area contributed by atoms with Crippen LogP contribution >= 0.6 is 8.60 Å². The minimum Gasteiger partial charge on any atom is -0.328 e. The van der Waals surface area contributed by atoms with Crippen molar-refractivity contribution < 1.29 is 14.3 Å². The molecule has 0 aliphatic carbocycles. The average Bonchev–Trinajstić information content (AvgIpc) is 2.41. The van der Waals surface area contributed by atoms with Crippen LogP contribution in [0.4, 0.5) is 0 Å². The highest BCUT2D eigenvalue weighted by Gasteiger charge is 2.15. The van der Waals surface area contributed by atoms with Gasteiger partial charge in [-0.05, 0) is 11.1 Å². The fourth-order valence-corrected chi connectivity index (χ4v) is 2.18. The van der Waals surface area contributed by atoms with Crippen molar-refractivity contribution in [2.45, 2.75) is 5.92 Å². The molecule has 2 aromatic carbocycles. The number of rotatable bonds is 5. The molecule has 94 valence electrons. The van der Waals surface area contributed by atoms with E-state index in [0.717, 1.165) is 11.1 Å². The maximum Gasteiger partial charge on any atom is 0.327 e. The van der Waals surface area contributed by atoms with E-state index in [4.69, 9.17) is 14.3 Å². The SMILES string of the molecule is OP(O)OCC(c1ccccc1)c1ccccc1. The molecule has 0 saturated carbocycles. The summed E-state index contributed by atoms with van der Waals surface area (Å²) in [5.41, 5.74) is 2.20. The molecule has 0 heterocycles. The number of hydrogen-bond donors (Lipinski definition) is 2. The molecular formula is C14H15O3P. The molecule has 0 saturated heterocycles. The van der Waals surface area contributed by atoms with E-state index in [-0.39, 0.29) is 12.5 Å². The lowest BCUT2D eigenvalue weighted by Crippen LogP contribution is -2.07. The van der Waals surface area contributed by atoms with Gasteiger partial charge in [0.1, 0.15) is 0 Å². The lowest BCUT2D eigenvalue weighted by atomic mass is 9.92. The minimum absolute atomic E-state index is 0.0108. The van der Waals surface area contributed by atoms with E-state index >= 15 is 0 Å². The topological polar surface area (TPSA) is 49.7 Å². The maximum atomic E-state index is 8.89. The highest BCUT2D eigenvalue weighted by molar-refractivity contribution is 7.39. The summed E-state index contributed by atoms with van der Waals surface area (Å²) in [5.74, 6) is 0.0108. The molecule has 0 unspecified atom stereocenters. The van der Waals surface area contributed by atoms with Crippen LogP contribution in [0.25, 0.3) is 0 Å². The quantitative estimate of drug-likeness (QED) is 0.814. The van der Waals surface area contributed by atoms with Gasteiger partial charge in [0.15, 0.2) is 0 Å². The Labute approximate surface area is 108 Å². The third-order valence-electron chi connectivity index (χ3n) is 2.76. The summed E-state index contributed by atoms with van der Waals surface area (Å²) in [6.07, 6.45) is 0. The molecule has 18 heavy (non-hydrogen) atoms. The Morgan fingerprint density at radius 1 is 0.833 bits per heavy atom. The van der Waals surface area contributed by atoms with Crippen molar-refractivity contribution in [3.8, 4) is 0 Å². The Kier molecular flexibility index (Phi) is 4.85. The minimum atomic E-state index is -2.31. The van der Waals surface area contributed by atoms with E-state index in [1.54, 1.807) is 0 Å². The summed E-state index contributed by atoms with van der Waals surface area (Å²) in [4.78, 5) is 17.8. The fourth-order valence-electron chi connectivity index (χ4n) is 1.90. The third kappa shape index (κ3) is 3.62. The van der Waals surface area contributed by atoms with Gasteiger partial charge in [-0.15, -0.1) is 0 Å². The molecule has 0 spiro atoms. The second-order valence-electron chi connectivity index (χ2n) is 3.92. The lowest BCUT2D eigenvalue weighted by Gasteiger charge is -2.18. The third-order valence-corrected chi connectivity index (χ3v) is 3.14. The van der Waals surface area contributed by atoms with E-state index in [1.807, 2.05) is 60.7 Å². The largest absolute Gasteiger partial charge is 0.328 e. The molecule has 0 amide bonds. The summed E-state index contributed by atoms with van der Waals surface area (Å²) in [6.45, 7) is 0.257. The van der Waals surface area contributed by atoms with Crippen LogP contribution < -0.4 is 0 Å². The number of benzene rings is 2. The normalized spacial score (nSPS) is 11.1. The molecule has 0 radical (unpaired) electrons. The predicted octanol–water partition coefficient (Wildman–Crippen LogP) is 3.05.